The molecule has 0 unspecified atom stereocenters. The van der Waals surface area contributed by atoms with Gasteiger partial charge in [-0.2, -0.15) is 5.26 Å². The Morgan fingerprint density at radius 1 is 1.47 bits per heavy atom. The molecular weight excluding hydrogens is 219 g/mol. The monoisotopic (exact) mass is 230 g/mol. The fourth-order valence-electron chi connectivity index (χ4n) is 1.62. The predicted octanol–water partition coefficient (Wildman–Crippen LogP) is 1.40. The van der Waals surface area contributed by atoms with E-state index in [1.807, 2.05) is 6.07 Å². The second-order valence-electron chi connectivity index (χ2n) is 3.59. The average Bonchev–Trinajstić information content (AvgIpc) is 2.79. The van der Waals surface area contributed by atoms with Crippen molar-refractivity contribution in [1.82, 2.24) is 9.55 Å². The highest BCUT2D eigenvalue weighted by molar-refractivity contribution is 5.34. The quantitative estimate of drug-likeness (QED) is 0.866. The zero-order valence-corrected chi connectivity index (χ0v) is 9.10. The lowest BCUT2D eigenvalue weighted by atomic mass is 10.1. The summed E-state index contributed by atoms with van der Waals surface area (Å²) in [6.07, 6.45) is 3.36. The van der Waals surface area contributed by atoms with Crippen molar-refractivity contribution >= 4 is 0 Å². The second-order valence-corrected chi connectivity index (χ2v) is 3.59. The predicted molar refractivity (Wildman–Crippen MR) is 60.3 cm³/mol. The molecule has 0 aliphatic heterocycles. The third kappa shape index (κ3) is 2.32. The van der Waals surface area contributed by atoms with Gasteiger partial charge in [-0.1, -0.05) is 0 Å². The molecular formula is C12H11FN4. The van der Waals surface area contributed by atoms with Gasteiger partial charge in [0, 0.05) is 18.0 Å². The van der Waals surface area contributed by atoms with Crippen LogP contribution in [0.5, 0.6) is 0 Å². The maximum atomic E-state index is 13.6. The number of hydrogen-bond donors (Lipinski definition) is 1. The van der Waals surface area contributed by atoms with E-state index in [1.54, 1.807) is 17.0 Å². The van der Waals surface area contributed by atoms with E-state index in [9.17, 15) is 4.39 Å². The van der Waals surface area contributed by atoms with Gasteiger partial charge in [0.25, 0.3) is 0 Å². The normalized spacial score (nSPS) is 10.2. The van der Waals surface area contributed by atoms with E-state index < -0.39 is 0 Å². The van der Waals surface area contributed by atoms with Gasteiger partial charge in [0.2, 0.25) is 0 Å². The number of hydrogen-bond acceptors (Lipinski definition) is 3. The largest absolute Gasteiger partial charge is 0.329 e. The summed E-state index contributed by atoms with van der Waals surface area (Å²) >= 11 is 0. The third-order valence-electron chi connectivity index (χ3n) is 2.50. The molecule has 4 nitrogen and oxygen atoms in total. The van der Waals surface area contributed by atoms with E-state index in [-0.39, 0.29) is 5.82 Å². The summed E-state index contributed by atoms with van der Waals surface area (Å²) in [5.74, 6) is 0.354. The first-order valence-electron chi connectivity index (χ1n) is 5.13. The van der Waals surface area contributed by atoms with Crippen LogP contribution in [0.1, 0.15) is 17.0 Å². The van der Waals surface area contributed by atoms with Gasteiger partial charge in [-0.25, -0.2) is 9.37 Å². The van der Waals surface area contributed by atoms with Crippen molar-refractivity contribution < 1.29 is 4.39 Å². The average molecular weight is 230 g/mol. The van der Waals surface area contributed by atoms with Gasteiger partial charge in [-0.05, 0) is 18.2 Å². The highest BCUT2D eigenvalue weighted by Crippen LogP contribution is 2.12. The zero-order valence-electron chi connectivity index (χ0n) is 9.10. The molecule has 2 N–H and O–H groups in total. The van der Waals surface area contributed by atoms with Crippen LogP contribution in [0, 0.1) is 17.1 Å². The Hall–Kier alpha value is -2.19. The van der Waals surface area contributed by atoms with E-state index in [4.69, 9.17) is 11.0 Å². The first-order valence-corrected chi connectivity index (χ1v) is 5.13. The molecule has 2 rings (SSSR count). The van der Waals surface area contributed by atoms with Crippen LogP contribution in [0.3, 0.4) is 0 Å². The van der Waals surface area contributed by atoms with Crippen LogP contribution >= 0.6 is 0 Å². The zero-order chi connectivity index (χ0) is 12.3. The molecule has 0 saturated carbocycles. The Kier molecular flexibility index (Phi) is 3.17. The number of aromatic nitrogens is 2. The first kappa shape index (κ1) is 11.3. The van der Waals surface area contributed by atoms with Crippen LogP contribution in [0.15, 0.2) is 30.6 Å². The molecule has 2 aromatic rings. The van der Waals surface area contributed by atoms with Gasteiger partial charge in [0.1, 0.15) is 11.6 Å². The molecule has 17 heavy (non-hydrogen) atoms. The molecule has 0 spiro atoms. The number of benzene rings is 1. The molecule has 0 fully saturated rings. The topological polar surface area (TPSA) is 67.6 Å². The number of imidazole rings is 1. The van der Waals surface area contributed by atoms with Gasteiger partial charge < -0.3 is 10.3 Å². The van der Waals surface area contributed by atoms with Gasteiger partial charge in [0.15, 0.2) is 0 Å². The minimum Gasteiger partial charge on any atom is -0.329 e. The van der Waals surface area contributed by atoms with Crippen LogP contribution in [-0.4, -0.2) is 9.55 Å². The van der Waals surface area contributed by atoms with E-state index in [0.717, 1.165) is 0 Å². The second kappa shape index (κ2) is 4.76. The van der Waals surface area contributed by atoms with Crippen molar-refractivity contribution in [2.24, 2.45) is 5.73 Å². The number of nitriles is 1. The van der Waals surface area contributed by atoms with Crippen molar-refractivity contribution in [1.29, 1.82) is 5.26 Å². The van der Waals surface area contributed by atoms with Crippen molar-refractivity contribution in [3.05, 3.63) is 53.4 Å². The van der Waals surface area contributed by atoms with Gasteiger partial charge in [0.05, 0.1) is 24.7 Å². The lowest BCUT2D eigenvalue weighted by molar-refractivity contribution is 0.594. The van der Waals surface area contributed by atoms with Crippen LogP contribution < -0.4 is 5.73 Å². The standard InChI is InChI=1S/C12H11FN4/c13-11-2-1-9(6-14)5-10(11)8-17-4-3-16-12(17)7-15/h1-5H,7-8,15H2. The summed E-state index contributed by atoms with van der Waals surface area (Å²) in [6.45, 7) is 0.625. The van der Waals surface area contributed by atoms with Crippen LogP contribution in [0.4, 0.5) is 4.39 Å². The number of rotatable bonds is 3. The third-order valence-corrected chi connectivity index (χ3v) is 2.50. The summed E-state index contributed by atoms with van der Waals surface area (Å²) in [5.41, 5.74) is 6.41. The number of nitrogens with zero attached hydrogens (tertiary/aromatic N) is 3. The Balaban J connectivity index is 2.33. The molecule has 0 atom stereocenters. The van der Waals surface area contributed by atoms with E-state index >= 15 is 0 Å². The molecule has 1 aromatic carbocycles. The van der Waals surface area contributed by atoms with Crippen molar-refractivity contribution in [3.8, 4) is 6.07 Å². The van der Waals surface area contributed by atoms with Crippen LogP contribution in [-0.2, 0) is 13.1 Å². The molecule has 1 heterocycles. The van der Waals surface area contributed by atoms with Crippen molar-refractivity contribution in [2.45, 2.75) is 13.1 Å². The Morgan fingerprint density at radius 2 is 2.29 bits per heavy atom. The Bertz CT molecular complexity index is 568. The van der Waals surface area contributed by atoms with Crippen LogP contribution in [0.2, 0.25) is 0 Å². The minimum absolute atomic E-state index is 0.298. The van der Waals surface area contributed by atoms with Crippen molar-refractivity contribution in [2.75, 3.05) is 0 Å². The lowest BCUT2D eigenvalue weighted by Gasteiger charge is -2.07. The summed E-state index contributed by atoms with van der Waals surface area (Å²) < 4.78 is 15.3. The van der Waals surface area contributed by atoms with Gasteiger partial charge in [-0.3, -0.25) is 0 Å². The Labute approximate surface area is 98.1 Å². The Morgan fingerprint density at radius 3 is 3.00 bits per heavy atom. The molecule has 0 radical (unpaired) electrons. The summed E-state index contributed by atoms with van der Waals surface area (Å²) in [6, 6.07) is 6.28. The van der Waals surface area contributed by atoms with Crippen molar-refractivity contribution in [3.63, 3.8) is 0 Å². The fourth-order valence-corrected chi connectivity index (χ4v) is 1.62. The molecule has 0 bridgehead atoms. The SMILES string of the molecule is N#Cc1ccc(F)c(Cn2ccnc2CN)c1. The maximum absolute atomic E-state index is 13.6. The fraction of sp³-hybridized carbons (Fsp3) is 0.167. The molecule has 0 saturated heterocycles. The first-order chi connectivity index (χ1) is 8.24. The molecule has 1 aromatic heterocycles. The van der Waals surface area contributed by atoms with Crippen LogP contribution in [0.25, 0.3) is 0 Å². The smallest absolute Gasteiger partial charge is 0.128 e. The lowest BCUT2D eigenvalue weighted by Crippen LogP contribution is -2.09. The molecule has 0 aliphatic carbocycles. The summed E-state index contributed by atoms with van der Waals surface area (Å²) in [7, 11) is 0. The highest BCUT2D eigenvalue weighted by atomic mass is 19.1. The molecule has 5 heteroatoms. The molecule has 0 amide bonds. The highest BCUT2D eigenvalue weighted by Gasteiger charge is 2.07. The summed E-state index contributed by atoms with van der Waals surface area (Å²) in [4.78, 5) is 4.05. The summed E-state index contributed by atoms with van der Waals surface area (Å²) in [5, 5.41) is 8.77. The van der Waals surface area contributed by atoms with Gasteiger partial charge in [-0.15, -0.1) is 0 Å². The van der Waals surface area contributed by atoms with Gasteiger partial charge >= 0.3 is 0 Å². The van der Waals surface area contributed by atoms with E-state index in [1.165, 1.54) is 18.2 Å². The number of nitrogens with two attached hydrogens (primary N) is 1. The number of halogens is 1. The van der Waals surface area contributed by atoms with E-state index in [0.29, 0.717) is 30.0 Å². The maximum Gasteiger partial charge on any atom is 0.128 e. The molecule has 86 valence electrons. The minimum atomic E-state index is -0.333. The van der Waals surface area contributed by atoms with E-state index in [2.05, 4.69) is 4.98 Å². The molecule has 0 aliphatic rings.